The summed E-state index contributed by atoms with van der Waals surface area (Å²) in [4.78, 5) is 1.15. The van der Waals surface area contributed by atoms with Crippen molar-refractivity contribution in [3.05, 3.63) is 43.5 Å². The molecule has 2 N–H and O–H groups in total. The number of halogens is 2. The van der Waals surface area contributed by atoms with Crippen LogP contribution in [0.5, 0.6) is 0 Å². The van der Waals surface area contributed by atoms with Gasteiger partial charge in [-0.15, -0.1) is 11.3 Å². The molecule has 0 unspecified atom stereocenters. The number of para-hydroxylation sites is 1. The van der Waals surface area contributed by atoms with Crippen LogP contribution in [0.1, 0.15) is 10.4 Å². The van der Waals surface area contributed by atoms with E-state index in [0.29, 0.717) is 21.0 Å². The molecule has 1 heterocycles. The van der Waals surface area contributed by atoms with Gasteiger partial charge in [0.25, 0.3) is 10.0 Å². The lowest BCUT2D eigenvalue weighted by molar-refractivity contribution is 0.601. The van der Waals surface area contributed by atoms with E-state index < -0.39 is 10.0 Å². The SMILES string of the molecule is CNCc1cc(S(=O)(=O)Nc2c(C)cccc2Cl)c(Br)s1. The molecule has 0 atom stereocenters. The van der Waals surface area contributed by atoms with E-state index in [4.69, 9.17) is 11.6 Å². The van der Waals surface area contributed by atoms with Crippen molar-refractivity contribution in [3.8, 4) is 0 Å². The van der Waals surface area contributed by atoms with Gasteiger partial charge in [-0.05, 0) is 47.6 Å². The number of aryl methyl sites for hydroxylation is 1. The molecule has 1 aromatic heterocycles. The van der Waals surface area contributed by atoms with Crippen LogP contribution in [-0.2, 0) is 16.6 Å². The first-order valence-corrected chi connectivity index (χ1v) is 9.53. The molecule has 0 saturated carbocycles. The zero-order valence-corrected chi connectivity index (χ0v) is 15.4. The van der Waals surface area contributed by atoms with E-state index >= 15 is 0 Å². The number of nitrogens with one attached hydrogen (secondary N) is 2. The van der Waals surface area contributed by atoms with E-state index in [2.05, 4.69) is 26.0 Å². The predicted octanol–water partition coefficient (Wildman–Crippen LogP) is 3.99. The van der Waals surface area contributed by atoms with E-state index in [1.54, 1.807) is 31.2 Å². The van der Waals surface area contributed by atoms with Gasteiger partial charge in [0.1, 0.15) is 4.90 Å². The topological polar surface area (TPSA) is 58.2 Å². The highest BCUT2D eigenvalue weighted by Crippen LogP contribution is 2.34. The van der Waals surface area contributed by atoms with Gasteiger partial charge in [-0.2, -0.15) is 0 Å². The van der Waals surface area contributed by atoms with Crippen LogP contribution >= 0.6 is 38.9 Å². The van der Waals surface area contributed by atoms with Gasteiger partial charge in [0.05, 0.1) is 14.5 Å². The molecule has 114 valence electrons. The lowest BCUT2D eigenvalue weighted by Gasteiger charge is -2.11. The van der Waals surface area contributed by atoms with Gasteiger partial charge in [0.2, 0.25) is 0 Å². The molecule has 21 heavy (non-hydrogen) atoms. The van der Waals surface area contributed by atoms with Crippen molar-refractivity contribution in [2.75, 3.05) is 11.8 Å². The Morgan fingerprint density at radius 3 is 2.71 bits per heavy atom. The zero-order valence-electron chi connectivity index (χ0n) is 11.4. The minimum atomic E-state index is -3.69. The summed E-state index contributed by atoms with van der Waals surface area (Å²) >= 11 is 10.8. The number of sulfonamides is 1. The van der Waals surface area contributed by atoms with Crippen LogP contribution in [0.4, 0.5) is 5.69 Å². The third-order valence-corrected chi connectivity index (χ3v) is 6.72. The Morgan fingerprint density at radius 1 is 1.38 bits per heavy atom. The van der Waals surface area contributed by atoms with Crippen molar-refractivity contribution in [2.45, 2.75) is 18.4 Å². The number of anilines is 1. The first kappa shape index (κ1) is 16.8. The molecule has 2 aromatic rings. The minimum absolute atomic E-state index is 0.220. The second-order valence-corrected chi connectivity index (χ2v) is 8.93. The van der Waals surface area contributed by atoms with E-state index in [0.717, 1.165) is 10.4 Å². The molecule has 0 saturated heterocycles. The summed E-state index contributed by atoms with van der Waals surface area (Å²) in [5, 5.41) is 3.37. The summed E-state index contributed by atoms with van der Waals surface area (Å²) in [6.07, 6.45) is 0. The van der Waals surface area contributed by atoms with E-state index in [-0.39, 0.29) is 4.90 Å². The van der Waals surface area contributed by atoms with E-state index in [9.17, 15) is 8.42 Å². The molecule has 0 fully saturated rings. The Hall–Kier alpha value is -0.600. The van der Waals surface area contributed by atoms with Crippen molar-refractivity contribution >= 4 is 54.6 Å². The first-order valence-electron chi connectivity index (χ1n) is 6.06. The highest BCUT2D eigenvalue weighted by molar-refractivity contribution is 9.11. The van der Waals surface area contributed by atoms with E-state index in [1.165, 1.54) is 11.3 Å². The number of hydrogen-bond acceptors (Lipinski definition) is 4. The van der Waals surface area contributed by atoms with Crippen molar-refractivity contribution in [2.24, 2.45) is 0 Å². The lowest BCUT2D eigenvalue weighted by atomic mass is 10.2. The molecule has 0 aliphatic heterocycles. The monoisotopic (exact) mass is 408 g/mol. The van der Waals surface area contributed by atoms with Crippen molar-refractivity contribution < 1.29 is 8.42 Å². The molecule has 0 bridgehead atoms. The molecule has 0 aliphatic rings. The summed E-state index contributed by atoms with van der Waals surface area (Å²) in [6, 6.07) is 6.89. The Morgan fingerprint density at radius 2 is 2.10 bits per heavy atom. The van der Waals surface area contributed by atoms with E-state index in [1.807, 2.05) is 7.05 Å². The third-order valence-electron chi connectivity index (χ3n) is 2.81. The quantitative estimate of drug-likeness (QED) is 0.785. The number of benzene rings is 1. The fraction of sp³-hybridized carbons (Fsp3) is 0.231. The number of thiophene rings is 1. The first-order chi connectivity index (χ1) is 9.85. The van der Waals surface area contributed by atoms with Crippen LogP contribution < -0.4 is 10.0 Å². The fourth-order valence-electron chi connectivity index (χ4n) is 1.79. The normalized spacial score (nSPS) is 11.6. The lowest BCUT2D eigenvalue weighted by Crippen LogP contribution is -2.14. The molecule has 8 heteroatoms. The number of hydrogen-bond donors (Lipinski definition) is 2. The summed E-state index contributed by atoms with van der Waals surface area (Å²) in [6.45, 7) is 2.42. The Balaban J connectivity index is 2.39. The van der Waals surface area contributed by atoms with Crippen LogP contribution in [0.3, 0.4) is 0 Å². The highest BCUT2D eigenvalue weighted by atomic mass is 79.9. The van der Waals surface area contributed by atoms with Gasteiger partial charge in [-0.1, -0.05) is 23.7 Å². The smallest absolute Gasteiger partial charge is 0.263 e. The summed E-state index contributed by atoms with van der Waals surface area (Å²) < 4.78 is 28.2. The predicted molar refractivity (Wildman–Crippen MR) is 91.8 cm³/mol. The average Bonchev–Trinajstić information content (AvgIpc) is 2.76. The van der Waals surface area contributed by atoms with Crippen LogP contribution in [-0.4, -0.2) is 15.5 Å². The Labute approximate surface area is 141 Å². The molecule has 2 rings (SSSR count). The third kappa shape index (κ3) is 3.78. The largest absolute Gasteiger partial charge is 0.315 e. The van der Waals surface area contributed by atoms with Crippen molar-refractivity contribution in [1.82, 2.24) is 5.32 Å². The van der Waals surface area contributed by atoms with Crippen LogP contribution in [0.2, 0.25) is 5.02 Å². The van der Waals surface area contributed by atoms with Crippen LogP contribution in [0.25, 0.3) is 0 Å². The van der Waals surface area contributed by atoms with Crippen molar-refractivity contribution in [1.29, 1.82) is 0 Å². The van der Waals surface area contributed by atoms with Crippen molar-refractivity contribution in [3.63, 3.8) is 0 Å². The zero-order chi connectivity index (χ0) is 15.6. The highest BCUT2D eigenvalue weighted by Gasteiger charge is 2.22. The van der Waals surface area contributed by atoms with Crippen LogP contribution in [0.15, 0.2) is 32.9 Å². The Bertz CT molecular complexity index is 739. The maximum atomic E-state index is 12.5. The molecule has 4 nitrogen and oxygen atoms in total. The summed E-state index contributed by atoms with van der Waals surface area (Å²) in [5.74, 6) is 0. The van der Waals surface area contributed by atoms with Gasteiger partial charge >= 0.3 is 0 Å². The molecular formula is C13H14BrClN2O2S2. The fourth-order valence-corrected chi connectivity index (χ4v) is 5.97. The summed E-state index contributed by atoms with van der Waals surface area (Å²) in [7, 11) is -1.87. The minimum Gasteiger partial charge on any atom is -0.315 e. The number of rotatable bonds is 5. The molecule has 0 amide bonds. The second kappa shape index (κ2) is 6.66. The Kier molecular flexibility index (Phi) is 5.32. The van der Waals surface area contributed by atoms with Gasteiger partial charge in [0.15, 0.2) is 0 Å². The maximum absolute atomic E-state index is 12.5. The standard InChI is InChI=1S/C13H14BrClN2O2S2/c1-8-4-3-5-10(15)12(8)17-21(18,19)11-6-9(7-16-2)20-13(11)14/h3-6,16-17H,7H2,1-2H3. The molecular weight excluding hydrogens is 396 g/mol. The molecule has 0 radical (unpaired) electrons. The van der Waals surface area contributed by atoms with Gasteiger partial charge in [-0.25, -0.2) is 8.42 Å². The second-order valence-electron chi connectivity index (χ2n) is 4.42. The molecule has 0 aliphatic carbocycles. The maximum Gasteiger partial charge on any atom is 0.263 e. The average molecular weight is 410 g/mol. The van der Waals surface area contributed by atoms with Gasteiger partial charge < -0.3 is 5.32 Å². The van der Waals surface area contributed by atoms with Crippen LogP contribution in [0, 0.1) is 6.92 Å². The molecule has 1 aromatic carbocycles. The summed E-state index contributed by atoms with van der Waals surface area (Å²) in [5.41, 5.74) is 1.18. The van der Waals surface area contributed by atoms with Gasteiger partial charge in [0, 0.05) is 11.4 Å². The molecule has 0 spiro atoms. The van der Waals surface area contributed by atoms with Gasteiger partial charge in [-0.3, -0.25) is 4.72 Å².